The molecule has 5 nitrogen and oxygen atoms in total. The summed E-state index contributed by atoms with van der Waals surface area (Å²) in [7, 11) is -2.61. The first-order valence-electron chi connectivity index (χ1n) is 8.70. The van der Waals surface area contributed by atoms with Gasteiger partial charge in [-0.2, -0.15) is 13.2 Å². The van der Waals surface area contributed by atoms with Gasteiger partial charge in [0.25, 0.3) is 0 Å². The second-order valence-corrected chi connectivity index (χ2v) is 10.3. The molecule has 1 N–H and O–H groups in total. The standard InChI is InChI=1S/C19H19F4N4OP/c1-10(13-6-5-7-15(16(13)20)19(21,22)23)25-18-14-8-12(29(3,4)28)9-24-17(14)26-11(2)27-18/h5-10H,1-4H3,(H,24,25,26,27)/t10-/m1/s1. The molecular formula is C19H19F4N4OP. The minimum absolute atomic E-state index is 0.148. The van der Waals surface area contributed by atoms with E-state index in [1.807, 2.05) is 0 Å². The molecule has 3 aromatic rings. The van der Waals surface area contributed by atoms with Gasteiger partial charge in [-0.1, -0.05) is 12.1 Å². The Hall–Kier alpha value is -2.54. The van der Waals surface area contributed by atoms with E-state index in [2.05, 4.69) is 20.3 Å². The van der Waals surface area contributed by atoms with Crippen molar-refractivity contribution in [3.8, 4) is 0 Å². The molecule has 0 saturated heterocycles. The number of fused-ring (bicyclic) bond motifs is 1. The molecule has 10 heteroatoms. The Morgan fingerprint density at radius 2 is 1.86 bits per heavy atom. The summed E-state index contributed by atoms with van der Waals surface area (Å²) in [6, 6.07) is 3.96. The van der Waals surface area contributed by atoms with Gasteiger partial charge in [0.05, 0.1) is 17.0 Å². The van der Waals surface area contributed by atoms with Crippen molar-refractivity contribution in [2.45, 2.75) is 26.1 Å². The predicted octanol–water partition coefficient (Wildman–Crippen LogP) is 4.91. The molecule has 29 heavy (non-hydrogen) atoms. The highest BCUT2D eigenvalue weighted by molar-refractivity contribution is 7.70. The van der Waals surface area contributed by atoms with Crippen molar-refractivity contribution >= 4 is 29.3 Å². The highest BCUT2D eigenvalue weighted by atomic mass is 31.2. The lowest BCUT2D eigenvalue weighted by molar-refractivity contribution is -0.140. The lowest BCUT2D eigenvalue weighted by Gasteiger charge is -2.19. The van der Waals surface area contributed by atoms with Gasteiger partial charge in [0.2, 0.25) is 0 Å². The number of hydrogen-bond acceptors (Lipinski definition) is 5. The number of aryl methyl sites for hydroxylation is 1. The second kappa shape index (κ2) is 7.37. The van der Waals surface area contributed by atoms with Gasteiger partial charge >= 0.3 is 6.18 Å². The Bertz CT molecular complexity index is 1130. The third-order valence-electron chi connectivity index (χ3n) is 4.42. The fraction of sp³-hybridized carbons (Fsp3) is 0.316. The van der Waals surface area contributed by atoms with E-state index in [0.717, 1.165) is 6.07 Å². The van der Waals surface area contributed by atoms with Crippen molar-refractivity contribution in [2.24, 2.45) is 0 Å². The summed E-state index contributed by atoms with van der Waals surface area (Å²) in [4.78, 5) is 12.7. The summed E-state index contributed by atoms with van der Waals surface area (Å²) in [5, 5.41) is 3.92. The maximum absolute atomic E-state index is 14.5. The first-order valence-corrected chi connectivity index (χ1v) is 11.3. The lowest BCUT2D eigenvalue weighted by Crippen LogP contribution is -2.16. The summed E-state index contributed by atoms with van der Waals surface area (Å²) in [5.41, 5.74) is -1.13. The fourth-order valence-corrected chi connectivity index (χ4v) is 3.68. The average Bonchev–Trinajstić information content (AvgIpc) is 2.59. The van der Waals surface area contributed by atoms with E-state index < -0.39 is 30.7 Å². The van der Waals surface area contributed by atoms with E-state index in [9.17, 15) is 22.1 Å². The van der Waals surface area contributed by atoms with Crippen molar-refractivity contribution in [3.05, 3.63) is 53.2 Å². The van der Waals surface area contributed by atoms with Gasteiger partial charge in [0.1, 0.15) is 24.6 Å². The van der Waals surface area contributed by atoms with Gasteiger partial charge in [-0.25, -0.2) is 19.3 Å². The van der Waals surface area contributed by atoms with Crippen LogP contribution in [0.25, 0.3) is 11.0 Å². The Balaban J connectivity index is 2.07. The first-order chi connectivity index (χ1) is 13.4. The Kier molecular flexibility index (Phi) is 5.38. The first kappa shape index (κ1) is 21.2. The van der Waals surface area contributed by atoms with Crippen molar-refractivity contribution in [1.82, 2.24) is 15.0 Å². The van der Waals surface area contributed by atoms with Crippen LogP contribution in [0, 0.1) is 12.7 Å². The summed E-state index contributed by atoms with van der Waals surface area (Å²) in [5.74, 6) is -0.673. The van der Waals surface area contributed by atoms with E-state index in [0.29, 0.717) is 28.2 Å². The zero-order valence-corrected chi connectivity index (χ0v) is 17.1. The molecule has 0 aliphatic rings. The second-order valence-electron chi connectivity index (χ2n) is 7.11. The Labute approximate surface area is 165 Å². The number of nitrogens with zero attached hydrogens (tertiary/aromatic N) is 3. The zero-order valence-electron chi connectivity index (χ0n) is 16.2. The van der Waals surface area contributed by atoms with Crippen molar-refractivity contribution in [2.75, 3.05) is 18.6 Å². The molecule has 0 aliphatic carbocycles. The van der Waals surface area contributed by atoms with Gasteiger partial charge in [-0.15, -0.1) is 0 Å². The van der Waals surface area contributed by atoms with Crippen LogP contribution in [0.3, 0.4) is 0 Å². The van der Waals surface area contributed by atoms with Crippen LogP contribution in [0.5, 0.6) is 0 Å². The summed E-state index contributed by atoms with van der Waals surface area (Å²) in [6.45, 7) is 6.36. The molecule has 0 fully saturated rings. The van der Waals surface area contributed by atoms with Crippen molar-refractivity contribution in [1.29, 1.82) is 0 Å². The largest absolute Gasteiger partial charge is 0.419 e. The van der Waals surface area contributed by atoms with Crippen LogP contribution in [0.2, 0.25) is 0 Å². The average molecular weight is 426 g/mol. The van der Waals surface area contributed by atoms with Crippen molar-refractivity contribution in [3.63, 3.8) is 0 Å². The van der Waals surface area contributed by atoms with Crippen LogP contribution < -0.4 is 10.6 Å². The molecule has 0 amide bonds. The van der Waals surface area contributed by atoms with Crippen LogP contribution in [-0.4, -0.2) is 28.3 Å². The maximum atomic E-state index is 14.5. The number of hydrogen-bond donors (Lipinski definition) is 1. The number of nitrogens with one attached hydrogen (secondary N) is 1. The summed E-state index contributed by atoms with van der Waals surface area (Å²) >= 11 is 0. The van der Waals surface area contributed by atoms with Crippen LogP contribution in [0.1, 0.15) is 29.9 Å². The molecule has 1 aromatic carbocycles. The van der Waals surface area contributed by atoms with E-state index in [1.54, 1.807) is 26.3 Å². The summed E-state index contributed by atoms with van der Waals surface area (Å²) in [6.07, 6.45) is -3.31. The van der Waals surface area contributed by atoms with E-state index in [4.69, 9.17) is 0 Å². The van der Waals surface area contributed by atoms with E-state index in [-0.39, 0.29) is 11.4 Å². The number of halogens is 4. The Morgan fingerprint density at radius 3 is 2.48 bits per heavy atom. The quantitative estimate of drug-likeness (QED) is 0.474. The van der Waals surface area contributed by atoms with Gasteiger partial charge in [0, 0.05) is 17.1 Å². The van der Waals surface area contributed by atoms with Gasteiger partial charge < -0.3 is 9.88 Å². The summed E-state index contributed by atoms with van der Waals surface area (Å²) < 4.78 is 66.0. The minimum Gasteiger partial charge on any atom is -0.363 e. The molecular weight excluding hydrogens is 407 g/mol. The third-order valence-corrected chi connectivity index (χ3v) is 5.91. The molecule has 2 aromatic heterocycles. The van der Waals surface area contributed by atoms with Crippen LogP contribution in [-0.2, 0) is 10.7 Å². The molecule has 0 radical (unpaired) electrons. The topological polar surface area (TPSA) is 67.8 Å². The molecule has 0 spiro atoms. The number of anilines is 1. The highest BCUT2D eigenvalue weighted by Gasteiger charge is 2.35. The molecule has 0 aliphatic heterocycles. The predicted molar refractivity (Wildman–Crippen MR) is 105 cm³/mol. The molecule has 0 bridgehead atoms. The molecule has 1 atom stereocenters. The minimum atomic E-state index is -4.79. The van der Waals surface area contributed by atoms with Gasteiger partial charge in [-0.05, 0) is 39.3 Å². The van der Waals surface area contributed by atoms with Crippen LogP contribution in [0.15, 0.2) is 30.5 Å². The number of alkyl halides is 3. The number of benzene rings is 1. The molecule has 154 valence electrons. The number of aromatic nitrogens is 3. The molecule has 3 rings (SSSR count). The van der Waals surface area contributed by atoms with E-state index in [1.165, 1.54) is 19.2 Å². The van der Waals surface area contributed by atoms with Crippen molar-refractivity contribution < 1.29 is 22.1 Å². The molecule has 0 unspecified atom stereocenters. The van der Waals surface area contributed by atoms with Crippen LogP contribution >= 0.6 is 7.14 Å². The highest BCUT2D eigenvalue weighted by Crippen LogP contribution is 2.37. The number of pyridine rings is 1. The smallest absolute Gasteiger partial charge is 0.363 e. The normalized spacial score (nSPS) is 13.5. The number of rotatable bonds is 4. The van der Waals surface area contributed by atoms with E-state index >= 15 is 0 Å². The van der Waals surface area contributed by atoms with Crippen LogP contribution in [0.4, 0.5) is 23.4 Å². The van der Waals surface area contributed by atoms with Gasteiger partial charge in [-0.3, -0.25) is 0 Å². The molecule has 0 saturated carbocycles. The maximum Gasteiger partial charge on any atom is 0.419 e. The monoisotopic (exact) mass is 426 g/mol. The zero-order chi connectivity index (χ0) is 21.6. The Morgan fingerprint density at radius 1 is 1.17 bits per heavy atom. The fourth-order valence-electron chi connectivity index (χ4n) is 2.90. The lowest BCUT2D eigenvalue weighted by atomic mass is 10.0. The molecule has 2 heterocycles. The van der Waals surface area contributed by atoms with Gasteiger partial charge in [0.15, 0.2) is 5.65 Å². The SMILES string of the molecule is Cc1nc(N[C@H](C)c2cccc(C(F)(F)F)c2F)c2cc(P(C)(C)=O)cnc2n1. The third kappa shape index (κ3) is 4.40.